The summed E-state index contributed by atoms with van der Waals surface area (Å²) in [6.07, 6.45) is 1.67. The summed E-state index contributed by atoms with van der Waals surface area (Å²) in [5, 5.41) is 12.1. The summed E-state index contributed by atoms with van der Waals surface area (Å²) >= 11 is 0. The van der Waals surface area contributed by atoms with Gasteiger partial charge >= 0.3 is 5.97 Å². The number of sulfonamides is 2. The molecule has 2 amide bonds. The molecule has 1 aliphatic carbocycles. The van der Waals surface area contributed by atoms with Crippen LogP contribution >= 0.6 is 0 Å². The van der Waals surface area contributed by atoms with Gasteiger partial charge in [0, 0.05) is 92.4 Å². The first kappa shape index (κ1) is 52.6. The Bertz CT molecular complexity index is 3730. The number of aliphatic carboxylic acids is 1. The van der Waals surface area contributed by atoms with Crippen molar-refractivity contribution in [3.63, 3.8) is 0 Å². The molecule has 1 saturated heterocycles. The van der Waals surface area contributed by atoms with E-state index in [1.807, 2.05) is 67.8 Å². The molecule has 75 heavy (non-hydrogen) atoms. The number of fused-ring (bicyclic) bond motifs is 4. The summed E-state index contributed by atoms with van der Waals surface area (Å²) < 4.78 is 67.6. The van der Waals surface area contributed by atoms with E-state index in [1.54, 1.807) is 53.4 Å². The predicted molar refractivity (Wildman–Crippen MR) is 292 cm³/mol. The van der Waals surface area contributed by atoms with Crippen LogP contribution in [0.25, 0.3) is 55.2 Å². The van der Waals surface area contributed by atoms with Gasteiger partial charge < -0.3 is 14.4 Å². The van der Waals surface area contributed by atoms with Crippen molar-refractivity contribution in [3.8, 4) is 22.5 Å². The Morgan fingerprint density at radius 1 is 0.733 bits per heavy atom. The second-order valence-electron chi connectivity index (χ2n) is 19.3. The molecule has 14 nitrogen and oxygen atoms in total. The maximum Gasteiger partial charge on any atom is 0.303 e. The van der Waals surface area contributed by atoms with Crippen molar-refractivity contribution in [1.29, 1.82) is 0 Å². The lowest BCUT2D eigenvalue weighted by molar-refractivity contribution is -0.645. The number of carboxylic acids is 1. The summed E-state index contributed by atoms with van der Waals surface area (Å²) in [6, 6.07) is 36.3. The minimum absolute atomic E-state index is 0.0949. The second kappa shape index (κ2) is 21.9. The summed E-state index contributed by atoms with van der Waals surface area (Å²) in [4.78, 5) is 47.5. The SMILES string of the molecule is CCCc1cc2oc3cc(=NCC)c(C)cc-3c(-c3ccccc3C(=O)N3CCN(S(=O)(=O)CCC[n+]4c5ccccc5c(C(=O)N(CCCC(=O)O)S(=O)(=O)c5ccc(C)cc5)c5ccccc54)CC3)c2cc1C. The number of aryl methyl sites for hydroxylation is 5. The lowest BCUT2D eigenvalue weighted by Crippen LogP contribution is -2.51. The molecule has 1 N–H and O–H groups in total. The first-order chi connectivity index (χ1) is 36.0. The number of hydrogen-bond donors (Lipinski definition) is 1. The molecule has 5 aromatic carbocycles. The van der Waals surface area contributed by atoms with Crippen LogP contribution in [0.2, 0.25) is 0 Å². The third kappa shape index (κ3) is 10.6. The number of aromatic nitrogens is 1. The molecule has 0 atom stereocenters. The fraction of sp³-hybridized carbons (Fsp3) is 0.305. The largest absolute Gasteiger partial charge is 0.481 e. The summed E-state index contributed by atoms with van der Waals surface area (Å²) in [7, 11) is -8.22. The van der Waals surface area contributed by atoms with Crippen LogP contribution in [0.4, 0.5) is 0 Å². The van der Waals surface area contributed by atoms with E-state index in [4.69, 9.17) is 9.41 Å². The molecule has 0 saturated carbocycles. The molecule has 9 rings (SSSR count). The Balaban J connectivity index is 0.957. The van der Waals surface area contributed by atoms with E-state index in [1.165, 1.54) is 22.0 Å². The van der Waals surface area contributed by atoms with E-state index in [9.17, 15) is 36.3 Å². The highest BCUT2D eigenvalue weighted by atomic mass is 32.2. The molecule has 0 spiro atoms. The van der Waals surface area contributed by atoms with Gasteiger partial charge in [-0.1, -0.05) is 73.5 Å². The highest BCUT2D eigenvalue weighted by Gasteiger charge is 2.36. The van der Waals surface area contributed by atoms with Crippen LogP contribution in [0.5, 0.6) is 0 Å². The summed E-state index contributed by atoms with van der Waals surface area (Å²) in [5.41, 5.74) is 9.27. The number of para-hydroxylation sites is 2. The topological polar surface area (TPSA) is 179 Å². The fourth-order valence-corrected chi connectivity index (χ4v) is 13.3. The number of piperazine rings is 1. The Morgan fingerprint density at radius 3 is 2.04 bits per heavy atom. The third-order valence-corrected chi connectivity index (χ3v) is 18.0. The molecule has 0 bridgehead atoms. The second-order valence-corrected chi connectivity index (χ2v) is 23.2. The quantitative estimate of drug-likeness (QED) is 0.0687. The maximum absolute atomic E-state index is 14.8. The monoisotopic (exact) mass is 1050 g/mol. The van der Waals surface area contributed by atoms with Crippen LogP contribution in [0.15, 0.2) is 136 Å². The highest BCUT2D eigenvalue weighted by molar-refractivity contribution is 7.89. The molecule has 16 heteroatoms. The van der Waals surface area contributed by atoms with Gasteiger partial charge in [-0.3, -0.25) is 19.4 Å². The first-order valence-corrected chi connectivity index (χ1v) is 28.6. The van der Waals surface area contributed by atoms with Crippen LogP contribution in [-0.2, 0) is 37.8 Å². The van der Waals surface area contributed by atoms with E-state index < -0.39 is 31.9 Å². The number of carboxylic acid groups (broad SMARTS) is 1. The van der Waals surface area contributed by atoms with E-state index in [0.29, 0.717) is 39.7 Å². The Hall–Kier alpha value is -7.27. The molecule has 2 aliphatic heterocycles. The molecular weight excluding hydrogens is 987 g/mol. The van der Waals surface area contributed by atoms with Crippen LogP contribution < -0.4 is 9.92 Å². The Kier molecular flexibility index (Phi) is 15.4. The molecule has 0 unspecified atom stereocenters. The molecule has 6 aromatic rings. The van der Waals surface area contributed by atoms with Gasteiger partial charge in [0.1, 0.15) is 11.3 Å². The van der Waals surface area contributed by atoms with Gasteiger partial charge in [-0.05, 0) is 111 Å². The van der Waals surface area contributed by atoms with Gasteiger partial charge in [0.2, 0.25) is 21.1 Å². The smallest absolute Gasteiger partial charge is 0.303 e. The summed E-state index contributed by atoms with van der Waals surface area (Å²) in [5.74, 6) is -1.61. The van der Waals surface area contributed by atoms with Gasteiger partial charge in [-0.25, -0.2) is 21.1 Å². The van der Waals surface area contributed by atoms with E-state index in [-0.39, 0.29) is 80.6 Å². The number of carbonyl (C=O) groups is 3. The summed E-state index contributed by atoms with van der Waals surface area (Å²) in [6.45, 7) is 11.3. The zero-order chi connectivity index (χ0) is 53.2. The van der Waals surface area contributed by atoms with Crippen molar-refractivity contribution in [2.24, 2.45) is 4.99 Å². The van der Waals surface area contributed by atoms with Crippen LogP contribution in [0.3, 0.4) is 0 Å². The van der Waals surface area contributed by atoms with Crippen molar-refractivity contribution in [2.75, 3.05) is 45.0 Å². The van der Waals surface area contributed by atoms with Crippen molar-refractivity contribution < 1.29 is 45.3 Å². The molecule has 0 radical (unpaired) electrons. The van der Waals surface area contributed by atoms with Gasteiger partial charge in [-0.2, -0.15) is 8.87 Å². The highest BCUT2D eigenvalue weighted by Crippen LogP contribution is 2.43. The third-order valence-electron chi connectivity index (χ3n) is 14.2. The number of amides is 2. The van der Waals surface area contributed by atoms with Crippen LogP contribution in [0.1, 0.15) is 82.5 Å². The number of rotatable bonds is 17. The number of benzene rings is 6. The molecule has 3 aliphatic rings. The van der Waals surface area contributed by atoms with Crippen LogP contribution in [-0.4, -0.2) is 98.3 Å². The minimum Gasteiger partial charge on any atom is -0.481 e. The van der Waals surface area contributed by atoms with Gasteiger partial charge in [0.05, 0.1) is 32.3 Å². The molecule has 1 aromatic heterocycles. The Labute approximate surface area is 438 Å². The lowest BCUT2D eigenvalue weighted by Gasteiger charge is -2.34. The molecule has 388 valence electrons. The fourth-order valence-electron chi connectivity index (χ4n) is 10.4. The molecule has 3 heterocycles. The van der Waals surface area contributed by atoms with E-state index >= 15 is 0 Å². The van der Waals surface area contributed by atoms with Gasteiger partial charge in [0.25, 0.3) is 21.8 Å². The lowest BCUT2D eigenvalue weighted by atomic mass is 9.88. The average Bonchev–Trinajstić information content (AvgIpc) is 3.40. The van der Waals surface area contributed by atoms with E-state index in [2.05, 4.69) is 32.0 Å². The number of nitrogens with zero attached hydrogens (tertiary/aromatic N) is 5. The van der Waals surface area contributed by atoms with Crippen molar-refractivity contribution in [2.45, 2.75) is 78.2 Å². The van der Waals surface area contributed by atoms with Crippen molar-refractivity contribution in [3.05, 3.63) is 160 Å². The van der Waals surface area contributed by atoms with Crippen LogP contribution in [0, 0.1) is 20.8 Å². The number of pyridine rings is 1. The maximum atomic E-state index is 14.8. The van der Waals surface area contributed by atoms with Gasteiger partial charge in [0.15, 0.2) is 6.54 Å². The molecular formula is C59H62N5O9S2+. The van der Waals surface area contributed by atoms with Crippen molar-refractivity contribution in [1.82, 2.24) is 13.5 Å². The van der Waals surface area contributed by atoms with E-state index in [0.717, 1.165) is 66.9 Å². The first-order valence-electron chi connectivity index (χ1n) is 25.6. The normalized spacial score (nSPS) is 13.8. The average molecular weight is 1050 g/mol. The zero-order valence-electron chi connectivity index (χ0n) is 43.0. The zero-order valence-corrected chi connectivity index (χ0v) is 44.6. The Morgan fingerprint density at radius 2 is 1.39 bits per heavy atom. The number of hydrogen-bond acceptors (Lipinski definition) is 9. The standard InChI is InChI=1S/C59H61N5O9S2/c1-6-16-42-37-53-48(35-40(42)4)56(49-36-41(5)50(60-7-2)38-54(49)73-53)44-17-8-9-18-45(44)58(67)61-30-32-62(33-31-61)74(69,70)34-15-28-63-51-21-12-10-19-46(51)57(47-20-11-13-22-52(47)63)59(68)64(29-14-23-55(65)66)75(71,72)43-26-24-39(3)25-27-43/h8-13,17-22,24-27,35-38H,6-7,14-16,23,28-34H2,1-5H3/p+1. The number of carbonyl (C=O) groups excluding carboxylic acids is 2. The predicted octanol–water partition coefficient (Wildman–Crippen LogP) is 9.47. The van der Waals surface area contributed by atoms with Gasteiger partial charge in [-0.15, -0.1) is 0 Å². The van der Waals surface area contributed by atoms with Crippen molar-refractivity contribution >= 4 is 70.6 Å². The minimum atomic E-state index is -4.43. The molecule has 1 fully saturated rings.